The number of rotatable bonds is 9. The summed E-state index contributed by atoms with van der Waals surface area (Å²) in [5.41, 5.74) is 1.74. The number of amides is 2. The summed E-state index contributed by atoms with van der Waals surface area (Å²) in [5.74, 6) is -0.584. The number of anilines is 1. The van der Waals surface area contributed by atoms with Crippen molar-refractivity contribution < 1.29 is 22.8 Å². The van der Waals surface area contributed by atoms with Crippen molar-refractivity contribution in [2.24, 2.45) is 5.92 Å². The first kappa shape index (κ1) is 27.3. The largest absolute Gasteiger partial charge is 0.372 e. The molecule has 208 valence electrons. The molecule has 1 N–H and O–H groups in total. The number of fused-ring (bicyclic) bond motifs is 1. The third-order valence-corrected chi connectivity index (χ3v) is 9.74. The molecule has 1 aromatic carbocycles. The van der Waals surface area contributed by atoms with Gasteiger partial charge in [0.25, 0.3) is 15.9 Å². The van der Waals surface area contributed by atoms with Crippen molar-refractivity contribution in [2.45, 2.75) is 56.1 Å². The minimum absolute atomic E-state index is 0.0146. The SMILES string of the molecule is CC(CCNC(=O)c1ccc(N2CCCC2)cc1)CC(=O)N1CCC2C1C(=O)CN2S(=O)(=O)c1ccccn1. The second-order valence-corrected chi connectivity index (χ2v) is 12.5. The summed E-state index contributed by atoms with van der Waals surface area (Å²) >= 11 is 0. The number of benzene rings is 1. The molecule has 3 aliphatic rings. The van der Waals surface area contributed by atoms with E-state index in [2.05, 4.69) is 15.2 Å². The Balaban J connectivity index is 1.11. The first-order valence-corrected chi connectivity index (χ1v) is 15.1. The lowest BCUT2D eigenvalue weighted by atomic mass is 10.0. The lowest BCUT2D eigenvalue weighted by molar-refractivity contribution is -0.137. The number of Topliss-reactive ketones (excluding diaryl/α,β-unsaturated/α-hetero) is 1. The van der Waals surface area contributed by atoms with Gasteiger partial charge in [0.05, 0.1) is 12.6 Å². The van der Waals surface area contributed by atoms with Crippen molar-refractivity contribution in [1.29, 1.82) is 0 Å². The maximum Gasteiger partial charge on any atom is 0.261 e. The lowest BCUT2D eigenvalue weighted by Crippen LogP contribution is -2.44. The summed E-state index contributed by atoms with van der Waals surface area (Å²) in [5, 5.41) is 2.84. The number of hydrogen-bond donors (Lipinski definition) is 1. The molecule has 5 rings (SSSR count). The molecule has 3 fully saturated rings. The molecule has 0 aliphatic carbocycles. The van der Waals surface area contributed by atoms with Gasteiger partial charge in [0.1, 0.15) is 6.04 Å². The van der Waals surface area contributed by atoms with Gasteiger partial charge in [-0.25, -0.2) is 13.4 Å². The molecule has 4 heterocycles. The quantitative estimate of drug-likeness (QED) is 0.505. The van der Waals surface area contributed by atoms with Crippen LogP contribution in [-0.4, -0.2) is 85.0 Å². The van der Waals surface area contributed by atoms with Gasteiger partial charge in [0.2, 0.25) is 5.91 Å². The van der Waals surface area contributed by atoms with Crippen molar-refractivity contribution in [3.05, 3.63) is 54.2 Å². The Morgan fingerprint density at radius 3 is 2.51 bits per heavy atom. The molecule has 0 bridgehead atoms. The first-order chi connectivity index (χ1) is 18.8. The van der Waals surface area contributed by atoms with Crippen LogP contribution in [0.25, 0.3) is 0 Å². The highest BCUT2D eigenvalue weighted by atomic mass is 32.2. The van der Waals surface area contributed by atoms with E-state index in [1.165, 1.54) is 34.3 Å². The zero-order valence-electron chi connectivity index (χ0n) is 22.2. The van der Waals surface area contributed by atoms with E-state index in [9.17, 15) is 22.8 Å². The van der Waals surface area contributed by atoms with E-state index in [1.54, 1.807) is 12.1 Å². The van der Waals surface area contributed by atoms with E-state index in [0.717, 1.165) is 18.8 Å². The Kier molecular flexibility index (Phi) is 7.99. The van der Waals surface area contributed by atoms with E-state index in [-0.39, 0.29) is 41.5 Å². The normalized spacial score (nSPS) is 22.2. The Morgan fingerprint density at radius 2 is 1.82 bits per heavy atom. The number of carbonyl (C=O) groups excluding carboxylic acids is 3. The molecule has 0 saturated carbocycles. The summed E-state index contributed by atoms with van der Waals surface area (Å²) in [6.45, 7) is 4.57. The van der Waals surface area contributed by atoms with Crippen LogP contribution in [-0.2, 0) is 19.6 Å². The van der Waals surface area contributed by atoms with Crippen LogP contribution in [0.2, 0.25) is 0 Å². The number of pyridine rings is 1. The van der Waals surface area contributed by atoms with Gasteiger partial charge in [-0.2, -0.15) is 4.31 Å². The fraction of sp³-hybridized carbons (Fsp3) is 0.500. The second kappa shape index (κ2) is 11.4. The van der Waals surface area contributed by atoms with Crippen molar-refractivity contribution in [1.82, 2.24) is 19.5 Å². The maximum atomic E-state index is 13.1. The summed E-state index contributed by atoms with van der Waals surface area (Å²) in [6.07, 6.45) is 5.05. The molecule has 39 heavy (non-hydrogen) atoms. The van der Waals surface area contributed by atoms with Gasteiger partial charge in [-0.3, -0.25) is 14.4 Å². The molecule has 2 aromatic rings. The predicted octanol–water partition coefficient (Wildman–Crippen LogP) is 2.07. The van der Waals surface area contributed by atoms with E-state index in [0.29, 0.717) is 31.5 Å². The smallest absolute Gasteiger partial charge is 0.261 e. The fourth-order valence-electron chi connectivity index (χ4n) is 5.84. The van der Waals surface area contributed by atoms with Crippen LogP contribution < -0.4 is 10.2 Å². The Labute approximate surface area is 229 Å². The Hall–Kier alpha value is -3.31. The number of aromatic nitrogens is 1. The van der Waals surface area contributed by atoms with Gasteiger partial charge in [0.15, 0.2) is 10.8 Å². The maximum absolute atomic E-state index is 13.1. The molecule has 3 atom stereocenters. The summed E-state index contributed by atoms with van der Waals surface area (Å²) in [7, 11) is -3.93. The number of carbonyl (C=O) groups is 3. The number of ketones is 1. The Morgan fingerprint density at radius 1 is 1.08 bits per heavy atom. The number of nitrogens with zero attached hydrogens (tertiary/aromatic N) is 4. The average molecular weight is 554 g/mol. The van der Waals surface area contributed by atoms with Crippen LogP contribution in [0.15, 0.2) is 53.7 Å². The highest BCUT2D eigenvalue weighted by molar-refractivity contribution is 7.89. The number of sulfonamides is 1. The van der Waals surface area contributed by atoms with Gasteiger partial charge in [0, 0.05) is 50.0 Å². The van der Waals surface area contributed by atoms with Crippen molar-refractivity contribution >= 4 is 33.3 Å². The van der Waals surface area contributed by atoms with Gasteiger partial charge >= 0.3 is 0 Å². The van der Waals surface area contributed by atoms with Crippen LogP contribution in [0.5, 0.6) is 0 Å². The highest BCUT2D eigenvalue weighted by Gasteiger charge is 2.53. The Bertz CT molecular complexity index is 1310. The molecule has 11 heteroatoms. The molecule has 3 unspecified atom stereocenters. The van der Waals surface area contributed by atoms with Crippen LogP contribution in [0.3, 0.4) is 0 Å². The van der Waals surface area contributed by atoms with E-state index in [1.807, 2.05) is 31.2 Å². The molecular formula is C28H35N5O5S. The third-order valence-electron chi connectivity index (χ3n) is 7.96. The highest BCUT2D eigenvalue weighted by Crippen LogP contribution is 2.34. The molecule has 3 saturated heterocycles. The van der Waals surface area contributed by atoms with Crippen LogP contribution >= 0.6 is 0 Å². The van der Waals surface area contributed by atoms with Crippen LogP contribution in [0, 0.1) is 5.92 Å². The van der Waals surface area contributed by atoms with Gasteiger partial charge < -0.3 is 15.1 Å². The number of likely N-dealkylation sites (tertiary alicyclic amines) is 1. The monoisotopic (exact) mass is 553 g/mol. The minimum Gasteiger partial charge on any atom is -0.372 e. The third kappa shape index (κ3) is 5.69. The topological polar surface area (TPSA) is 120 Å². The molecular weight excluding hydrogens is 518 g/mol. The molecule has 0 radical (unpaired) electrons. The summed E-state index contributed by atoms with van der Waals surface area (Å²) in [6, 6.07) is 11.0. The van der Waals surface area contributed by atoms with E-state index < -0.39 is 22.1 Å². The van der Waals surface area contributed by atoms with Crippen LogP contribution in [0.1, 0.15) is 49.4 Å². The predicted molar refractivity (Wildman–Crippen MR) is 146 cm³/mol. The van der Waals surface area contributed by atoms with Crippen molar-refractivity contribution in [3.63, 3.8) is 0 Å². The second-order valence-electron chi connectivity index (χ2n) is 10.7. The van der Waals surface area contributed by atoms with E-state index >= 15 is 0 Å². The molecule has 1 aromatic heterocycles. The molecule has 2 amide bonds. The van der Waals surface area contributed by atoms with Gasteiger partial charge in [-0.1, -0.05) is 13.0 Å². The summed E-state index contributed by atoms with van der Waals surface area (Å²) < 4.78 is 27.4. The number of hydrogen-bond acceptors (Lipinski definition) is 7. The van der Waals surface area contributed by atoms with Gasteiger partial charge in [-0.05, 0) is 68.0 Å². The fourth-order valence-corrected chi connectivity index (χ4v) is 7.40. The van der Waals surface area contributed by atoms with E-state index in [4.69, 9.17) is 0 Å². The standard InChI is InChI=1S/C28H35N5O5S/c1-20(11-14-30-28(36)21-7-9-22(10-8-21)31-15-4-5-16-31)18-26(35)32-17-12-23-27(32)24(34)19-33(23)39(37,38)25-6-2-3-13-29-25/h2-3,6-10,13,20,23,27H,4-5,11-12,14-19H2,1H3,(H,30,36). The van der Waals surface area contributed by atoms with Crippen molar-refractivity contribution in [3.8, 4) is 0 Å². The average Bonchev–Trinajstić information content (AvgIpc) is 3.68. The van der Waals surface area contributed by atoms with Crippen molar-refractivity contribution in [2.75, 3.05) is 37.6 Å². The zero-order chi connectivity index (χ0) is 27.6. The van der Waals surface area contributed by atoms with Crippen LogP contribution in [0.4, 0.5) is 5.69 Å². The molecule has 3 aliphatic heterocycles. The lowest BCUT2D eigenvalue weighted by Gasteiger charge is -2.25. The van der Waals surface area contributed by atoms with Gasteiger partial charge in [-0.15, -0.1) is 0 Å². The molecule has 10 nitrogen and oxygen atoms in total. The minimum atomic E-state index is -3.93. The first-order valence-electron chi connectivity index (χ1n) is 13.6. The zero-order valence-corrected chi connectivity index (χ0v) is 23.0. The molecule has 0 spiro atoms. The number of nitrogens with one attached hydrogen (secondary N) is 1. The summed E-state index contributed by atoms with van der Waals surface area (Å²) in [4.78, 5) is 46.4.